The van der Waals surface area contributed by atoms with E-state index >= 15 is 0 Å². The lowest BCUT2D eigenvalue weighted by atomic mass is 10.0. The summed E-state index contributed by atoms with van der Waals surface area (Å²) in [5, 5.41) is 3.65. The van der Waals surface area contributed by atoms with E-state index in [1.54, 1.807) is 4.90 Å². The summed E-state index contributed by atoms with van der Waals surface area (Å²) in [7, 11) is 0. The highest BCUT2D eigenvalue weighted by atomic mass is 16.2. The van der Waals surface area contributed by atoms with E-state index in [1.807, 2.05) is 51.1 Å². The number of rotatable bonds is 6. The first kappa shape index (κ1) is 18.9. The third-order valence-corrected chi connectivity index (χ3v) is 4.01. The minimum Gasteiger partial charge on any atom is -0.352 e. The fourth-order valence-electron chi connectivity index (χ4n) is 2.71. The molecule has 5 nitrogen and oxygen atoms in total. The van der Waals surface area contributed by atoms with Crippen molar-refractivity contribution in [3.63, 3.8) is 0 Å². The van der Waals surface area contributed by atoms with Gasteiger partial charge in [0.2, 0.25) is 5.91 Å². The van der Waals surface area contributed by atoms with Crippen molar-refractivity contribution in [3.05, 3.63) is 41.6 Å². The highest BCUT2D eigenvalue weighted by Crippen LogP contribution is 2.23. The van der Waals surface area contributed by atoms with Gasteiger partial charge in [-0.2, -0.15) is 0 Å². The molecule has 0 aliphatic heterocycles. The molecule has 0 spiro atoms. The van der Waals surface area contributed by atoms with Gasteiger partial charge in [0.05, 0.1) is 17.6 Å². The van der Waals surface area contributed by atoms with Crippen molar-refractivity contribution in [2.45, 2.75) is 46.6 Å². The first-order valence-corrected chi connectivity index (χ1v) is 8.81. The summed E-state index contributed by atoms with van der Waals surface area (Å²) in [5.74, 6) is -0.0648. The van der Waals surface area contributed by atoms with Crippen molar-refractivity contribution in [2.24, 2.45) is 0 Å². The van der Waals surface area contributed by atoms with Crippen LogP contribution < -0.4 is 5.32 Å². The van der Waals surface area contributed by atoms with Crippen LogP contribution in [0.4, 0.5) is 0 Å². The standard InChI is InChI=1S/C20H27N3O2/c1-6-23(12-19(24)21-14(4)5)20(25)16-11-18(13(2)3)22-17-10-8-7-9-15(16)17/h7-11,13-14H,6,12H2,1-5H3,(H,21,24). The molecule has 2 rings (SSSR count). The number of aromatic nitrogens is 1. The number of benzene rings is 1. The van der Waals surface area contributed by atoms with Gasteiger partial charge in [0.25, 0.3) is 5.91 Å². The number of nitrogens with one attached hydrogen (secondary N) is 1. The first-order valence-electron chi connectivity index (χ1n) is 8.81. The molecule has 0 aliphatic rings. The van der Waals surface area contributed by atoms with E-state index in [4.69, 9.17) is 0 Å². The van der Waals surface area contributed by atoms with E-state index in [9.17, 15) is 9.59 Å². The second-order valence-corrected chi connectivity index (χ2v) is 6.81. The number of nitrogens with zero attached hydrogens (tertiary/aromatic N) is 2. The van der Waals surface area contributed by atoms with Crippen LogP contribution in [0.25, 0.3) is 10.9 Å². The molecular formula is C20H27N3O2. The lowest BCUT2D eigenvalue weighted by Gasteiger charge is -2.22. The molecule has 2 aromatic rings. The Morgan fingerprint density at radius 1 is 1.16 bits per heavy atom. The molecule has 0 radical (unpaired) electrons. The zero-order valence-electron chi connectivity index (χ0n) is 15.7. The number of para-hydroxylation sites is 1. The zero-order valence-corrected chi connectivity index (χ0v) is 15.7. The molecule has 1 heterocycles. The molecule has 0 atom stereocenters. The summed E-state index contributed by atoms with van der Waals surface area (Å²) >= 11 is 0. The van der Waals surface area contributed by atoms with Gasteiger partial charge in [-0.15, -0.1) is 0 Å². The molecule has 0 bridgehead atoms. The molecule has 0 aliphatic carbocycles. The van der Waals surface area contributed by atoms with E-state index in [-0.39, 0.29) is 30.3 Å². The Balaban J connectivity index is 2.40. The minimum absolute atomic E-state index is 0.0515. The Morgan fingerprint density at radius 2 is 1.84 bits per heavy atom. The van der Waals surface area contributed by atoms with Gasteiger partial charge in [0.15, 0.2) is 0 Å². The van der Waals surface area contributed by atoms with Gasteiger partial charge in [0, 0.05) is 23.7 Å². The van der Waals surface area contributed by atoms with E-state index in [0.717, 1.165) is 16.6 Å². The van der Waals surface area contributed by atoms with Crippen LogP contribution in [0.5, 0.6) is 0 Å². The van der Waals surface area contributed by atoms with E-state index in [2.05, 4.69) is 24.1 Å². The van der Waals surface area contributed by atoms with Gasteiger partial charge >= 0.3 is 0 Å². The summed E-state index contributed by atoms with van der Waals surface area (Å²) in [6.07, 6.45) is 0. The van der Waals surface area contributed by atoms with Gasteiger partial charge < -0.3 is 10.2 Å². The van der Waals surface area contributed by atoms with Crippen molar-refractivity contribution in [2.75, 3.05) is 13.1 Å². The van der Waals surface area contributed by atoms with Crippen LogP contribution in [0.15, 0.2) is 30.3 Å². The molecule has 5 heteroatoms. The Labute approximate surface area is 149 Å². The van der Waals surface area contributed by atoms with Crippen LogP contribution in [-0.2, 0) is 4.79 Å². The van der Waals surface area contributed by atoms with Gasteiger partial charge in [-0.1, -0.05) is 32.0 Å². The molecule has 0 saturated heterocycles. The van der Waals surface area contributed by atoms with Crippen molar-refractivity contribution in [3.8, 4) is 0 Å². The summed E-state index contributed by atoms with van der Waals surface area (Å²) in [5.41, 5.74) is 2.29. The Kier molecular flexibility index (Phi) is 6.12. The van der Waals surface area contributed by atoms with Crippen molar-refractivity contribution >= 4 is 22.7 Å². The molecule has 2 amide bonds. The van der Waals surface area contributed by atoms with Crippen LogP contribution in [-0.4, -0.2) is 40.8 Å². The molecule has 1 aromatic carbocycles. The molecule has 0 saturated carbocycles. The zero-order chi connectivity index (χ0) is 18.6. The SMILES string of the molecule is CCN(CC(=O)NC(C)C)C(=O)c1cc(C(C)C)nc2ccccc12. The third kappa shape index (κ3) is 4.56. The van der Waals surface area contributed by atoms with Crippen molar-refractivity contribution in [1.82, 2.24) is 15.2 Å². The smallest absolute Gasteiger partial charge is 0.255 e. The molecule has 0 fully saturated rings. The number of fused-ring (bicyclic) bond motifs is 1. The highest BCUT2D eigenvalue weighted by Gasteiger charge is 2.21. The average Bonchev–Trinajstić information content (AvgIpc) is 2.57. The maximum atomic E-state index is 13.1. The summed E-state index contributed by atoms with van der Waals surface area (Å²) in [4.78, 5) is 31.4. The van der Waals surface area contributed by atoms with Gasteiger partial charge in [-0.05, 0) is 38.8 Å². The van der Waals surface area contributed by atoms with Crippen molar-refractivity contribution < 1.29 is 9.59 Å². The number of carbonyl (C=O) groups is 2. The topological polar surface area (TPSA) is 62.3 Å². The van der Waals surface area contributed by atoms with Crippen LogP contribution in [0.2, 0.25) is 0 Å². The van der Waals surface area contributed by atoms with E-state index in [1.165, 1.54) is 0 Å². The van der Waals surface area contributed by atoms with Crippen LogP contribution >= 0.6 is 0 Å². The fraction of sp³-hybridized carbons (Fsp3) is 0.450. The summed E-state index contributed by atoms with van der Waals surface area (Å²) in [6.45, 7) is 10.3. The number of amides is 2. The molecule has 134 valence electrons. The van der Waals surface area contributed by atoms with Crippen LogP contribution in [0.1, 0.15) is 56.6 Å². The lowest BCUT2D eigenvalue weighted by molar-refractivity contribution is -0.122. The molecule has 25 heavy (non-hydrogen) atoms. The number of pyridine rings is 1. The maximum Gasteiger partial charge on any atom is 0.255 e. The van der Waals surface area contributed by atoms with Crippen LogP contribution in [0.3, 0.4) is 0 Å². The normalized spacial score (nSPS) is 11.2. The predicted molar refractivity (Wildman–Crippen MR) is 101 cm³/mol. The predicted octanol–water partition coefficient (Wildman–Crippen LogP) is 3.34. The number of likely N-dealkylation sites (N-methyl/N-ethyl adjacent to an activating group) is 1. The Morgan fingerprint density at radius 3 is 2.44 bits per heavy atom. The monoisotopic (exact) mass is 341 g/mol. The maximum absolute atomic E-state index is 13.1. The molecular weight excluding hydrogens is 314 g/mol. The second-order valence-electron chi connectivity index (χ2n) is 6.81. The molecule has 1 N–H and O–H groups in total. The Bertz CT molecular complexity index is 769. The lowest BCUT2D eigenvalue weighted by Crippen LogP contribution is -2.42. The quantitative estimate of drug-likeness (QED) is 0.876. The third-order valence-electron chi connectivity index (χ3n) is 4.01. The second kappa shape index (κ2) is 8.10. The molecule has 1 aromatic heterocycles. The van der Waals surface area contributed by atoms with E-state index in [0.29, 0.717) is 12.1 Å². The van der Waals surface area contributed by atoms with Crippen LogP contribution in [0, 0.1) is 0 Å². The van der Waals surface area contributed by atoms with Gasteiger partial charge in [0.1, 0.15) is 0 Å². The summed E-state index contributed by atoms with van der Waals surface area (Å²) < 4.78 is 0. The highest BCUT2D eigenvalue weighted by molar-refractivity contribution is 6.07. The summed E-state index contributed by atoms with van der Waals surface area (Å²) in [6, 6.07) is 9.55. The van der Waals surface area contributed by atoms with Crippen molar-refractivity contribution in [1.29, 1.82) is 0 Å². The Hall–Kier alpha value is -2.43. The van der Waals surface area contributed by atoms with E-state index < -0.39 is 0 Å². The van der Waals surface area contributed by atoms with Gasteiger partial charge in [-0.25, -0.2) is 0 Å². The van der Waals surface area contributed by atoms with Gasteiger partial charge in [-0.3, -0.25) is 14.6 Å². The minimum atomic E-state index is -0.146. The fourth-order valence-corrected chi connectivity index (χ4v) is 2.71. The molecule has 0 unspecified atom stereocenters. The number of carbonyl (C=O) groups excluding carboxylic acids is 2. The average molecular weight is 341 g/mol. The number of hydrogen-bond donors (Lipinski definition) is 1. The first-order chi connectivity index (χ1) is 11.8. The number of hydrogen-bond acceptors (Lipinski definition) is 3. The largest absolute Gasteiger partial charge is 0.352 e.